The minimum absolute atomic E-state index is 0.0338. The van der Waals surface area contributed by atoms with Crippen molar-refractivity contribution in [3.8, 4) is 0 Å². The Morgan fingerprint density at radius 1 is 1.60 bits per heavy atom. The van der Waals surface area contributed by atoms with E-state index in [0.29, 0.717) is 0 Å². The van der Waals surface area contributed by atoms with Crippen LogP contribution >= 0.6 is 0 Å². The molecule has 1 aromatic rings. The first-order valence-electron chi connectivity index (χ1n) is 4.88. The lowest BCUT2D eigenvalue weighted by Crippen LogP contribution is -2.43. The zero-order chi connectivity index (χ0) is 11.5. The van der Waals surface area contributed by atoms with Crippen LogP contribution in [-0.4, -0.2) is 16.4 Å². The molecule has 0 aliphatic carbocycles. The van der Waals surface area contributed by atoms with Gasteiger partial charge in [0.25, 0.3) is 5.91 Å². The highest BCUT2D eigenvalue weighted by Crippen LogP contribution is 2.10. The molecule has 1 heterocycles. The first-order chi connectivity index (χ1) is 6.96. The molecule has 0 unspecified atom stereocenters. The summed E-state index contributed by atoms with van der Waals surface area (Å²) in [6, 6.07) is 1.37. The number of nitrogens with zero attached hydrogens (tertiary/aromatic N) is 1. The summed E-state index contributed by atoms with van der Waals surface area (Å²) in [6.45, 7) is 5.75. The molecule has 0 saturated heterocycles. The molecule has 0 aliphatic rings. The van der Waals surface area contributed by atoms with E-state index in [2.05, 4.69) is 10.3 Å². The topological polar surface area (TPSA) is 42.0 Å². The second kappa shape index (κ2) is 4.38. The molecule has 1 N–H and O–H groups in total. The van der Waals surface area contributed by atoms with Crippen molar-refractivity contribution in [1.29, 1.82) is 0 Å². The van der Waals surface area contributed by atoms with Gasteiger partial charge in [0, 0.05) is 11.7 Å². The molecular weight excluding hydrogens is 195 g/mol. The number of aromatic nitrogens is 1. The van der Waals surface area contributed by atoms with Crippen LogP contribution in [0, 0.1) is 5.82 Å². The Labute approximate surface area is 88.7 Å². The quantitative estimate of drug-likeness (QED) is 0.830. The maximum atomic E-state index is 13.2. The fourth-order valence-corrected chi connectivity index (χ4v) is 1.02. The van der Waals surface area contributed by atoms with E-state index in [4.69, 9.17) is 0 Å². The zero-order valence-corrected chi connectivity index (χ0v) is 9.17. The van der Waals surface area contributed by atoms with E-state index >= 15 is 0 Å². The molecule has 0 radical (unpaired) electrons. The Morgan fingerprint density at radius 3 is 2.80 bits per heavy atom. The average molecular weight is 210 g/mol. The largest absolute Gasteiger partial charge is 0.347 e. The number of halogens is 1. The first-order valence-corrected chi connectivity index (χ1v) is 4.88. The Morgan fingerprint density at radius 2 is 2.27 bits per heavy atom. The van der Waals surface area contributed by atoms with Crippen LogP contribution in [0.2, 0.25) is 0 Å². The Balaban J connectivity index is 2.83. The van der Waals surface area contributed by atoms with Crippen LogP contribution in [0.4, 0.5) is 4.39 Å². The van der Waals surface area contributed by atoms with Crippen molar-refractivity contribution < 1.29 is 9.18 Å². The van der Waals surface area contributed by atoms with Gasteiger partial charge in [0.05, 0.1) is 11.8 Å². The summed E-state index contributed by atoms with van der Waals surface area (Å²) < 4.78 is 13.2. The minimum Gasteiger partial charge on any atom is -0.347 e. The molecule has 1 aromatic heterocycles. The van der Waals surface area contributed by atoms with Gasteiger partial charge in [0.15, 0.2) is 5.82 Å². The second-order valence-corrected chi connectivity index (χ2v) is 4.05. The van der Waals surface area contributed by atoms with Gasteiger partial charge in [0.2, 0.25) is 0 Å². The van der Waals surface area contributed by atoms with Gasteiger partial charge in [-0.15, -0.1) is 0 Å². The summed E-state index contributed by atoms with van der Waals surface area (Å²) >= 11 is 0. The first kappa shape index (κ1) is 11.6. The number of pyridine rings is 1. The number of nitrogens with one attached hydrogen (secondary N) is 1. The molecule has 82 valence electrons. The van der Waals surface area contributed by atoms with Crippen LogP contribution < -0.4 is 5.32 Å². The number of amides is 1. The summed E-state index contributed by atoms with van der Waals surface area (Å²) in [5, 5.41) is 2.76. The predicted octanol–water partition coefficient (Wildman–Crippen LogP) is 2.14. The Bertz CT molecular complexity index is 363. The SMILES string of the molecule is CCC(C)(C)NC(=O)c1ccncc1F. The molecular formula is C11H15FN2O. The van der Waals surface area contributed by atoms with Crippen molar-refractivity contribution in [2.75, 3.05) is 0 Å². The summed E-state index contributed by atoms with van der Waals surface area (Å²) in [6.07, 6.45) is 3.22. The van der Waals surface area contributed by atoms with Crippen LogP contribution in [0.25, 0.3) is 0 Å². The van der Waals surface area contributed by atoms with Crippen LogP contribution in [0.3, 0.4) is 0 Å². The van der Waals surface area contributed by atoms with Gasteiger partial charge in [-0.25, -0.2) is 4.39 Å². The van der Waals surface area contributed by atoms with Gasteiger partial charge in [-0.1, -0.05) is 6.92 Å². The van der Waals surface area contributed by atoms with Gasteiger partial charge in [-0.05, 0) is 26.3 Å². The van der Waals surface area contributed by atoms with Crippen molar-refractivity contribution in [2.24, 2.45) is 0 Å². The Hall–Kier alpha value is -1.45. The third kappa shape index (κ3) is 3.01. The predicted molar refractivity (Wildman–Crippen MR) is 56.0 cm³/mol. The summed E-state index contributed by atoms with van der Waals surface area (Å²) in [5.41, 5.74) is -0.293. The molecule has 0 saturated carbocycles. The molecule has 1 rings (SSSR count). The van der Waals surface area contributed by atoms with E-state index in [1.165, 1.54) is 12.3 Å². The highest BCUT2D eigenvalue weighted by Gasteiger charge is 2.20. The van der Waals surface area contributed by atoms with Crippen LogP contribution in [0.15, 0.2) is 18.5 Å². The molecule has 4 heteroatoms. The molecule has 0 fully saturated rings. The molecule has 3 nitrogen and oxygen atoms in total. The fraction of sp³-hybridized carbons (Fsp3) is 0.455. The summed E-state index contributed by atoms with van der Waals surface area (Å²) in [4.78, 5) is 15.3. The normalized spacial score (nSPS) is 11.2. The molecule has 0 bridgehead atoms. The molecule has 0 spiro atoms. The highest BCUT2D eigenvalue weighted by atomic mass is 19.1. The lowest BCUT2D eigenvalue weighted by Gasteiger charge is -2.24. The van der Waals surface area contributed by atoms with Gasteiger partial charge in [0.1, 0.15) is 0 Å². The number of hydrogen-bond donors (Lipinski definition) is 1. The van der Waals surface area contributed by atoms with Crippen molar-refractivity contribution in [3.63, 3.8) is 0 Å². The van der Waals surface area contributed by atoms with Crippen molar-refractivity contribution in [1.82, 2.24) is 10.3 Å². The van der Waals surface area contributed by atoms with E-state index < -0.39 is 11.7 Å². The molecule has 1 amide bonds. The molecule has 0 aliphatic heterocycles. The highest BCUT2D eigenvalue weighted by molar-refractivity contribution is 5.94. The number of carbonyl (C=O) groups excluding carboxylic acids is 1. The van der Waals surface area contributed by atoms with Crippen molar-refractivity contribution in [2.45, 2.75) is 32.7 Å². The number of rotatable bonds is 3. The maximum Gasteiger partial charge on any atom is 0.254 e. The van der Waals surface area contributed by atoms with Gasteiger partial charge >= 0.3 is 0 Å². The minimum atomic E-state index is -0.595. The van der Waals surface area contributed by atoms with E-state index in [0.717, 1.165) is 12.6 Å². The van der Waals surface area contributed by atoms with E-state index in [1.54, 1.807) is 0 Å². The lowest BCUT2D eigenvalue weighted by molar-refractivity contribution is 0.0907. The maximum absolute atomic E-state index is 13.2. The van der Waals surface area contributed by atoms with Crippen LogP contribution in [0.1, 0.15) is 37.6 Å². The zero-order valence-electron chi connectivity index (χ0n) is 9.17. The van der Waals surface area contributed by atoms with Crippen molar-refractivity contribution >= 4 is 5.91 Å². The van der Waals surface area contributed by atoms with E-state index in [1.807, 2.05) is 20.8 Å². The lowest BCUT2D eigenvalue weighted by atomic mass is 10.0. The van der Waals surface area contributed by atoms with Crippen molar-refractivity contribution in [3.05, 3.63) is 29.8 Å². The third-order valence-electron chi connectivity index (χ3n) is 2.35. The number of hydrogen-bond acceptors (Lipinski definition) is 2. The summed E-state index contributed by atoms with van der Waals surface area (Å²) in [5.74, 6) is -0.997. The fourth-order valence-electron chi connectivity index (χ4n) is 1.02. The third-order valence-corrected chi connectivity index (χ3v) is 2.35. The van der Waals surface area contributed by atoms with Gasteiger partial charge < -0.3 is 5.32 Å². The van der Waals surface area contributed by atoms with Gasteiger partial charge in [-0.3, -0.25) is 9.78 Å². The summed E-state index contributed by atoms with van der Waals surface area (Å²) in [7, 11) is 0. The van der Waals surface area contributed by atoms with Crippen LogP contribution in [0.5, 0.6) is 0 Å². The van der Waals surface area contributed by atoms with Crippen LogP contribution in [-0.2, 0) is 0 Å². The second-order valence-electron chi connectivity index (χ2n) is 4.05. The van der Waals surface area contributed by atoms with Gasteiger partial charge in [-0.2, -0.15) is 0 Å². The standard InChI is InChI=1S/C11H15FN2O/c1-4-11(2,3)14-10(15)8-5-6-13-7-9(8)12/h5-7H,4H2,1-3H3,(H,14,15). The molecule has 0 atom stereocenters. The van der Waals surface area contributed by atoms with E-state index in [-0.39, 0.29) is 11.1 Å². The smallest absolute Gasteiger partial charge is 0.254 e. The number of carbonyl (C=O) groups is 1. The molecule has 15 heavy (non-hydrogen) atoms. The monoisotopic (exact) mass is 210 g/mol. The molecule has 0 aromatic carbocycles. The van der Waals surface area contributed by atoms with E-state index in [9.17, 15) is 9.18 Å². The Kier molecular flexibility index (Phi) is 3.39. The average Bonchev–Trinajstić information content (AvgIpc) is 2.17.